The second-order valence-electron chi connectivity index (χ2n) is 5.98. The van der Waals surface area contributed by atoms with Crippen molar-refractivity contribution in [3.63, 3.8) is 0 Å². The van der Waals surface area contributed by atoms with Crippen molar-refractivity contribution in [3.8, 4) is 11.5 Å². The highest BCUT2D eigenvalue weighted by molar-refractivity contribution is 5.91. The van der Waals surface area contributed by atoms with Crippen LogP contribution in [0, 0.1) is 5.92 Å². The maximum absolute atomic E-state index is 11.0. The highest BCUT2D eigenvalue weighted by atomic mass is 16.5. The number of carbonyl (C=O) groups is 1. The van der Waals surface area contributed by atoms with Gasteiger partial charge in [0.25, 0.3) is 0 Å². The molecule has 122 valence electrons. The van der Waals surface area contributed by atoms with Crippen LogP contribution in [-0.2, 0) is 13.0 Å². The Morgan fingerprint density at radius 2 is 1.83 bits per heavy atom. The number of hydrogen-bond acceptors (Lipinski definition) is 3. The first-order valence-corrected chi connectivity index (χ1v) is 7.73. The van der Waals surface area contributed by atoms with Gasteiger partial charge in [-0.05, 0) is 42.5 Å². The molecule has 0 saturated carbocycles. The molecule has 4 nitrogen and oxygen atoms in total. The predicted octanol–water partition coefficient (Wildman–Crippen LogP) is 4.26. The topological polar surface area (TPSA) is 66.8 Å². The van der Waals surface area contributed by atoms with Gasteiger partial charge in [-0.15, -0.1) is 0 Å². The number of aromatic carboxylic acids is 1. The van der Waals surface area contributed by atoms with E-state index in [2.05, 4.69) is 13.8 Å². The molecule has 0 amide bonds. The maximum atomic E-state index is 11.0. The summed E-state index contributed by atoms with van der Waals surface area (Å²) in [6.07, 6.45) is 2.19. The Morgan fingerprint density at radius 1 is 1.13 bits per heavy atom. The lowest BCUT2D eigenvalue weighted by molar-refractivity contribution is 0.0693. The Labute approximate surface area is 136 Å². The summed E-state index contributed by atoms with van der Waals surface area (Å²) in [6, 6.07) is 12.5. The molecular weight excluding hydrogens is 292 g/mol. The Hall–Kier alpha value is -2.49. The average molecular weight is 314 g/mol. The van der Waals surface area contributed by atoms with Gasteiger partial charge in [-0.25, -0.2) is 4.79 Å². The molecule has 2 rings (SSSR count). The van der Waals surface area contributed by atoms with E-state index in [4.69, 9.17) is 9.84 Å². The zero-order valence-electron chi connectivity index (χ0n) is 13.5. The molecule has 0 spiro atoms. The van der Waals surface area contributed by atoms with Gasteiger partial charge in [0.2, 0.25) is 0 Å². The fraction of sp³-hybridized carbons (Fsp3) is 0.316. The molecule has 0 bridgehead atoms. The van der Waals surface area contributed by atoms with E-state index in [1.54, 1.807) is 12.1 Å². The number of hydrogen-bond donors (Lipinski definition) is 2. The predicted molar refractivity (Wildman–Crippen MR) is 89.0 cm³/mol. The second kappa shape index (κ2) is 7.68. The minimum Gasteiger partial charge on any atom is -0.507 e. The van der Waals surface area contributed by atoms with Crippen molar-refractivity contribution in [2.24, 2.45) is 5.92 Å². The van der Waals surface area contributed by atoms with Crippen LogP contribution in [0.4, 0.5) is 0 Å². The number of carboxylic acid groups (broad SMARTS) is 1. The highest BCUT2D eigenvalue weighted by Gasteiger charge is 2.13. The summed E-state index contributed by atoms with van der Waals surface area (Å²) >= 11 is 0. The molecule has 0 aliphatic rings. The van der Waals surface area contributed by atoms with E-state index in [9.17, 15) is 9.90 Å². The molecule has 2 N–H and O–H groups in total. The Kier molecular flexibility index (Phi) is 5.63. The lowest BCUT2D eigenvalue weighted by Gasteiger charge is -2.10. The van der Waals surface area contributed by atoms with Crippen LogP contribution < -0.4 is 4.74 Å². The zero-order valence-corrected chi connectivity index (χ0v) is 13.5. The molecule has 23 heavy (non-hydrogen) atoms. The monoisotopic (exact) mass is 314 g/mol. The third-order valence-corrected chi connectivity index (χ3v) is 3.68. The quantitative estimate of drug-likeness (QED) is 0.801. The largest absolute Gasteiger partial charge is 0.507 e. The Balaban J connectivity index is 1.98. The lowest BCUT2D eigenvalue weighted by Crippen LogP contribution is -2.02. The Bertz CT molecular complexity index is 660. The zero-order chi connectivity index (χ0) is 16.8. The smallest absolute Gasteiger partial charge is 0.339 e. The van der Waals surface area contributed by atoms with Crippen molar-refractivity contribution in [2.75, 3.05) is 0 Å². The summed E-state index contributed by atoms with van der Waals surface area (Å²) in [5.74, 6) is -0.0266. The molecule has 0 unspecified atom stereocenters. The van der Waals surface area contributed by atoms with E-state index < -0.39 is 5.97 Å². The third kappa shape index (κ3) is 4.74. The van der Waals surface area contributed by atoms with Gasteiger partial charge in [-0.3, -0.25) is 0 Å². The van der Waals surface area contributed by atoms with E-state index in [1.165, 1.54) is 11.6 Å². The molecule has 0 saturated heterocycles. The first-order chi connectivity index (χ1) is 11.0. The fourth-order valence-electron chi connectivity index (χ4n) is 2.25. The van der Waals surface area contributed by atoms with Crippen molar-refractivity contribution in [3.05, 3.63) is 59.2 Å². The van der Waals surface area contributed by atoms with Crippen molar-refractivity contribution >= 4 is 5.97 Å². The van der Waals surface area contributed by atoms with E-state index in [0.29, 0.717) is 17.2 Å². The number of phenols is 1. The molecule has 0 aliphatic carbocycles. The number of aromatic hydroxyl groups is 1. The number of carboxylic acids is 1. The summed E-state index contributed by atoms with van der Waals surface area (Å²) in [5.41, 5.74) is 1.60. The van der Waals surface area contributed by atoms with Crippen molar-refractivity contribution < 1.29 is 19.7 Å². The van der Waals surface area contributed by atoms with Crippen LogP contribution in [-0.4, -0.2) is 16.2 Å². The van der Waals surface area contributed by atoms with Crippen LogP contribution in [0.15, 0.2) is 42.5 Å². The van der Waals surface area contributed by atoms with Crippen LogP contribution in [0.25, 0.3) is 0 Å². The van der Waals surface area contributed by atoms with Crippen LogP contribution in [0.1, 0.15) is 41.8 Å². The van der Waals surface area contributed by atoms with Crippen LogP contribution in [0.3, 0.4) is 0 Å². The molecule has 0 heterocycles. The number of para-hydroxylation sites is 1. The average Bonchev–Trinajstić information content (AvgIpc) is 2.52. The molecule has 0 aliphatic heterocycles. The maximum Gasteiger partial charge on any atom is 0.339 e. The van der Waals surface area contributed by atoms with Gasteiger partial charge in [-0.1, -0.05) is 38.1 Å². The van der Waals surface area contributed by atoms with Gasteiger partial charge in [0.15, 0.2) is 0 Å². The number of benzene rings is 2. The molecule has 2 aromatic rings. The van der Waals surface area contributed by atoms with Crippen molar-refractivity contribution in [2.45, 2.75) is 33.3 Å². The first kappa shape index (κ1) is 16.9. The summed E-state index contributed by atoms with van der Waals surface area (Å²) < 4.78 is 5.64. The molecule has 0 atom stereocenters. The normalized spacial score (nSPS) is 10.7. The molecule has 4 heteroatoms. The van der Waals surface area contributed by atoms with Gasteiger partial charge in [0.05, 0.1) is 0 Å². The van der Waals surface area contributed by atoms with Gasteiger partial charge >= 0.3 is 5.97 Å². The van der Waals surface area contributed by atoms with Crippen LogP contribution in [0.2, 0.25) is 0 Å². The molecule has 0 radical (unpaired) electrons. The van der Waals surface area contributed by atoms with Gasteiger partial charge in [0.1, 0.15) is 23.7 Å². The number of ether oxygens (including phenoxy) is 1. The standard InChI is InChI=1S/C19H22O4/c1-13(2)6-7-14-8-10-16(11-9-14)23-12-15-4-3-5-17(18(15)20)19(21)22/h3-5,8-11,13,20H,6-7,12H2,1-2H3,(H,21,22). The molecular formula is C19H22O4. The van der Waals surface area contributed by atoms with Gasteiger partial charge in [0, 0.05) is 5.56 Å². The summed E-state index contributed by atoms with van der Waals surface area (Å²) in [4.78, 5) is 11.0. The molecule has 2 aromatic carbocycles. The lowest BCUT2D eigenvalue weighted by atomic mass is 10.0. The van der Waals surface area contributed by atoms with Gasteiger partial charge in [-0.2, -0.15) is 0 Å². The molecule has 0 fully saturated rings. The summed E-state index contributed by atoms with van der Waals surface area (Å²) in [7, 11) is 0. The second-order valence-corrected chi connectivity index (χ2v) is 5.98. The third-order valence-electron chi connectivity index (χ3n) is 3.68. The minimum absolute atomic E-state index is 0.116. The van der Waals surface area contributed by atoms with E-state index >= 15 is 0 Å². The summed E-state index contributed by atoms with van der Waals surface area (Å²) in [5, 5.41) is 18.9. The van der Waals surface area contributed by atoms with Crippen LogP contribution in [0.5, 0.6) is 11.5 Å². The van der Waals surface area contributed by atoms with Crippen LogP contribution >= 0.6 is 0 Å². The first-order valence-electron chi connectivity index (χ1n) is 7.73. The number of rotatable bonds is 7. The fourth-order valence-corrected chi connectivity index (χ4v) is 2.25. The minimum atomic E-state index is -1.15. The van der Waals surface area contributed by atoms with Crippen molar-refractivity contribution in [1.82, 2.24) is 0 Å². The Morgan fingerprint density at radius 3 is 2.43 bits per heavy atom. The van der Waals surface area contributed by atoms with Crippen molar-refractivity contribution in [1.29, 1.82) is 0 Å². The van der Waals surface area contributed by atoms with E-state index in [0.717, 1.165) is 12.8 Å². The SMILES string of the molecule is CC(C)CCc1ccc(OCc2cccc(C(=O)O)c2O)cc1. The van der Waals surface area contributed by atoms with E-state index in [-0.39, 0.29) is 17.9 Å². The summed E-state index contributed by atoms with van der Waals surface area (Å²) in [6.45, 7) is 4.53. The van der Waals surface area contributed by atoms with E-state index in [1.807, 2.05) is 24.3 Å². The highest BCUT2D eigenvalue weighted by Crippen LogP contribution is 2.24. The van der Waals surface area contributed by atoms with Gasteiger partial charge < -0.3 is 14.9 Å². The molecule has 0 aromatic heterocycles. The number of aryl methyl sites for hydroxylation is 1.